The van der Waals surface area contributed by atoms with Crippen molar-refractivity contribution in [1.82, 2.24) is 10.2 Å². The van der Waals surface area contributed by atoms with Crippen LogP contribution in [0.1, 0.15) is 18.4 Å². The molecule has 1 N–H and O–H groups in total. The van der Waals surface area contributed by atoms with Gasteiger partial charge in [0.05, 0.1) is 26.9 Å². The van der Waals surface area contributed by atoms with Crippen molar-refractivity contribution >= 4 is 5.91 Å². The van der Waals surface area contributed by atoms with E-state index in [9.17, 15) is 4.79 Å². The topological polar surface area (TPSA) is 60.0 Å². The average Bonchev–Trinajstić information content (AvgIpc) is 2.66. The van der Waals surface area contributed by atoms with E-state index < -0.39 is 0 Å². The number of para-hydroxylation sites is 1. The Labute approximate surface area is 149 Å². The van der Waals surface area contributed by atoms with Gasteiger partial charge >= 0.3 is 0 Å². The summed E-state index contributed by atoms with van der Waals surface area (Å²) in [5.74, 6) is 2.06. The molecule has 0 saturated carbocycles. The number of amides is 1. The van der Waals surface area contributed by atoms with Gasteiger partial charge in [0, 0.05) is 32.0 Å². The number of rotatable bonds is 7. The molecule has 1 atom stereocenters. The van der Waals surface area contributed by atoms with Gasteiger partial charge in [-0.15, -0.1) is 0 Å². The third-order valence-electron chi connectivity index (χ3n) is 4.82. The lowest BCUT2D eigenvalue weighted by molar-refractivity contribution is -0.121. The molecule has 6 nitrogen and oxygen atoms in total. The Kier molecular flexibility index (Phi) is 6.53. The largest absolute Gasteiger partial charge is 0.493 e. The van der Waals surface area contributed by atoms with Crippen molar-refractivity contribution < 1.29 is 19.0 Å². The van der Waals surface area contributed by atoms with Crippen molar-refractivity contribution in [1.29, 1.82) is 0 Å². The fourth-order valence-electron chi connectivity index (χ4n) is 3.38. The van der Waals surface area contributed by atoms with Crippen LogP contribution in [0.15, 0.2) is 18.2 Å². The summed E-state index contributed by atoms with van der Waals surface area (Å²) in [6.45, 7) is 5.80. The first-order chi connectivity index (χ1) is 12.3. The number of ether oxygens (including phenoxy) is 3. The average molecular weight is 348 g/mol. The van der Waals surface area contributed by atoms with Crippen LogP contribution in [0.5, 0.6) is 11.5 Å². The van der Waals surface area contributed by atoms with Crippen molar-refractivity contribution in [3.63, 3.8) is 0 Å². The van der Waals surface area contributed by atoms with E-state index in [0.29, 0.717) is 25.5 Å². The van der Waals surface area contributed by atoms with Crippen molar-refractivity contribution in [2.24, 2.45) is 5.92 Å². The number of benzene rings is 1. The third kappa shape index (κ3) is 5.09. The van der Waals surface area contributed by atoms with Crippen LogP contribution in [0.25, 0.3) is 0 Å². The summed E-state index contributed by atoms with van der Waals surface area (Å²) in [6, 6.07) is 5.96. The summed E-state index contributed by atoms with van der Waals surface area (Å²) in [5, 5.41) is 3.06. The summed E-state index contributed by atoms with van der Waals surface area (Å²) < 4.78 is 16.5. The zero-order chi connectivity index (χ0) is 17.5. The first kappa shape index (κ1) is 18.0. The maximum atomic E-state index is 12.1. The van der Waals surface area contributed by atoms with Gasteiger partial charge in [0.1, 0.15) is 0 Å². The molecule has 1 saturated heterocycles. The zero-order valence-corrected chi connectivity index (χ0v) is 15.0. The highest BCUT2D eigenvalue weighted by Crippen LogP contribution is 2.35. The van der Waals surface area contributed by atoms with Crippen LogP contribution in [0, 0.1) is 5.92 Å². The molecular formula is C19H28N2O4. The van der Waals surface area contributed by atoms with Gasteiger partial charge in [-0.25, -0.2) is 0 Å². The molecule has 138 valence electrons. The van der Waals surface area contributed by atoms with E-state index in [1.54, 1.807) is 7.11 Å². The van der Waals surface area contributed by atoms with Gasteiger partial charge in [-0.2, -0.15) is 0 Å². The Balaban J connectivity index is 1.36. The minimum atomic E-state index is 0.129. The molecule has 25 heavy (non-hydrogen) atoms. The molecule has 1 amide bonds. The molecular weight excluding hydrogens is 320 g/mol. The summed E-state index contributed by atoms with van der Waals surface area (Å²) in [4.78, 5) is 14.4. The molecule has 0 bridgehead atoms. The molecule has 6 heteroatoms. The van der Waals surface area contributed by atoms with E-state index in [1.807, 2.05) is 12.1 Å². The van der Waals surface area contributed by atoms with Crippen LogP contribution in [0.4, 0.5) is 0 Å². The van der Waals surface area contributed by atoms with Gasteiger partial charge in [-0.05, 0) is 31.0 Å². The number of carbonyl (C=O) groups is 1. The molecule has 2 aliphatic heterocycles. The third-order valence-corrected chi connectivity index (χ3v) is 4.82. The Morgan fingerprint density at radius 2 is 2.20 bits per heavy atom. The van der Waals surface area contributed by atoms with Gasteiger partial charge in [-0.1, -0.05) is 12.1 Å². The number of nitrogens with zero attached hydrogens (tertiary/aromatic N) is 1. The normalized spacial score (nSPS) is 20.4. The maximum absolute atomic E-state index is 12.1. The fourth-order valence-corrected chi connectivity index (χ4v) is 3.38. The molecule has 0 aliphatic carbocycles. The molecule has 2 heterocycles. The van der Waals surface area contributed by atoms with Crippen LogP contribution in [-0.2, 0) is 16.0 Å². The molecule has 3 rings (SSSR count). The molecule has 2 aliphatic rings. The Hall–Kier alpha value is -1.79. The molecule has 0 spiro atoms. The summed E-state index contributed by atoms with van der Waals surface area (Å²) >= 11 is 0. The van der Waals surface area contributed by atoms with E-state index in [1.165, 1.54) is 0 Å². The number of nitrogens with one attached hydrogen (secondary N) is 1. The van der Waals surface area contributed by atoms with Crippen molar-refractivity contribution in [3.05, 3.63) is 23.8 Å². The Morgan fingerprint density at radius 3 is 3.00 bits per heavy atom. The summed E-state index contributed by atoms with van der Waals surface area (Å²) in [6.07, 6.45) is 2.38. The predicted molar refractivity (Wildman–Crippen MR) is 95.2 cm³/mol. The van der Waals surface area contributed by atoms with Gasteiger partial charge in [0.25, 0.3) is 0 Å². The highest BCUT2D eigenvalue weighted by atomic mass is 16.5. The van der Waals surface area contributed by atoms with Crippen LogP contribution < -0.4 is 14.8 Å². The van der Waals surface area contributed by atoms with E-state index in [4.69, 9.17) is 14.2 Å². The van der Waals surface area contributed by atoms with Crippen LogP contribution in [0.3, 0.4) is 0 Å². The fraction of sp³-hybridized carbons (Fsp3) is 0.632. The van der Waals surface area contributed by atoms with Crippen LogP contribution in [0.2, 0.25) is 0 Å². The summed E-state index contributed by atoms with van der Waals surface area (Å²) in [5.41, 5.74) is 1.15. The monoisotopic (exact) mass is 348 g/mol. The zero-order valence-electron chi connectivity index (χ0n) is 15.0. The van der Waals surface area contributed by atoms with E-state index >= 15 is 0 Å². The standard InChI is InChI=1S/C19H28N2O4/c1-23-17-5-2-4-16-12-15(14-25-19(16)17)13-20-18(22)6-3-7-21-8-10-24-11-9-21/h2,4-5,15H,3,6-14H2,1H3,(H,20,22)/t15-/m0/s1. The van der Waals surface area contributed by atoms with Gasteiger partial charge < -0.3 is 19.5 Å². The number of methoxy groups -OCH3 is 1. The van der Waals surface area contributed by atoms with E-state index in [-0.39, 0.29) is 5.91 Å². The lowest BCUT2D eigenvalue weighted by Gasteiger charge is -2.27. The minimum absolute atomic E-state index is 0.129. The molecule has 1 aromatic rings. The molecule has 0 unspecified atom stereocenters. The predicted octanol–water partition coefficient (Wildman–Crippen LogP) is 1.47. The van der Waals surface area contributed by atoms with Crippen molar-refractivity contribution in [2.45, 2.75) is 19.3 Å². The van der Waals surface area contributed by atoms with Gasteiger partial charge in [0.15, 0.2) is 11.5 Å². The maximum Gasteiger partial charge on any atom is 0.220 e. The Morgan fingerprint density at radius 1 is 1.36 bits per heavy atom. The number of hydrogen-bond donors (Lipinski definition) is 1. The smallest absolute Gasteiger partial charge is 0.220 e. The van der Waals surface area contributed by atoms with Crippen molar-refractivity contribution in [2.75, 3.05) is 53.1 Å². The van der Waals surface area contributed by atoms with Gasteiger partial charge in [-0.3, -0.25) is 9.69 Å². The highest BCUT2D eigenvalue weighted by molar-refractivity contribution is 5.75. The second kappa shape index (κ2) is 9.06. The van der Waals surface area contributed by atoms with E-state index in [0.717, 1.165) is 62.8 Å². The number of fused-ring (bicyclic) bond motifs is 1. The molecule has 1 aromatic carbocycles. The summed E-state index contributed by atoms with van der Waals surface area (Å²) in [7, 11) is 1.65. The van der Waals surface area contributed by atoms with Gasteiger partial charge in [0.2, 0.25) is 5.91 Å². The van der Waals surface area contributed by atoms with E-state index in [2.05, 4.69) is 16.3 Å². The first-order valence-electron chi connectivity index (χ1n) is 9.11. The van der Waals surface area contributed by atoms with Crippen LogP contribution >= 0.6 is 0 Å². The molecule has 0 aromatic heterocycles. The highest BCUT2D eigenvalue weighted by Gasteiger charge is 2.23. The number of carbonyl (C=O) groups excluding carboxylic acids is 1. The quantitative estimate of drug-likeness (QED) is 0.809. The SMILES string of the molecule is COc1cccc2c1OC[C@H](CNC(=O)CCCN1CCOCC1)C2. The first-order valence-corrected chi connectivity index (χ1v) is 9.11. The molecule has 1 fully saturated rings. The number of hydrogen-bond acceptors (Lipinski definition) is 5. The second-order valence-electron chi connectivity index (χ2n) is 6.69. The molecule has 0 radical (unpaired) electrons. The lowest BCUT2D eigenvalue weighted by atomic mass is 9.96. The van der Waals surface area contributed by atoms with Crippen LogP contribution in [-0.4, -0.2) is 63.9 Å². The van der Waals surface area contributed by atoms with Crippen molar-refractivity contribution in [3.8, 4) is 11.5 Å². The lowest BCUT2D eigenvalue weighted by Crippen LogP contribution is -2.38. The second-order valence-corrected chi connectivity index (χ2v) is 6.69. The minimum Gasteiger partial charge on any atom is -0.493 e. The Bertz CT molecular complexity index is 573. The number of morpholine rings is 1.